The Morgan fingerprint density at radius 2 is 1.65 bits per heavy atom. The molecule has 1 fully saturated rings. The third-order valence-corrected chi connectivity index (χ3v) is 8.66. The molecule has 11 nitrogen and oxygen atoms in total. The van der Waals surface area contributed by atoms with Gasteiger partial charge >= 0.3 is 0 Å². The number of benzene rings is 3. The van der Waals surface area contributed by atoms with Crippen molar-refractivity contribution in [2.24, 2.45) is 5.73 Å². The largest absolute Gasteiger partial charge is 0.495 e. The van der Waals surface area contributed by atoms with E-state index in [4.69, 9.17) is 19.9 Å². The van der Waals surface area contributed by atoms with Crippen molar-refractivity contribution in [1.29, 1.82) is 0 Å². The monoisotopic (exact) mass is 745 g/mol. The highest BCUT2D eigenvalue weighted by Crippen LogP contribution is 2.32. The Morgan fingerprint density at radius 1 is 0.922 bits per heavy atom. The number of nitrogens with two attached hydrogens (primary N) is 1. The number of nitrogens with zero attached hydrogens (tertiary/aromatic N) is 3. The van der Waals surface area contributed by atoms with Crippen LogP contribution in [0.2, 0.25) is 0 Å². The number of carbonyl (C=O) groups excluding carboxylic acids is 3. The maximum atomic E-state index is 13.7. The molecule has 13 heteroatoms. The minimum absolute atomic E-state index is 0. The van der Waals surface area contributed by atoms with Crippen LogP contribution in [0, 0.1) is 6.92 Å². The summed E-state index contributed by atoms with van der Waals surface area (Å²) in [4.78, 5) is 45.3. The zero-order valence-electron chi connectivity index (χ0n) is 30.3. The van der Waals surface area contributed by atoms with E-state index in [2.05, 4.69) is 17.3 Å². The number of para-hydroxylation sites is 1. The van der Waals surface area contributed by atoms with Gasteiger partial charge in [-0.3, -0.25) is 14.4 Å². The molecule has 0 aromatic heterocycles. The average Bonchev–Trinajstić information content (AvgIpc) is 3.09. The molecule has 4 rings (SSSR count). The second-order valence-corrected chi connectivity index (χ2v) is 12.5. The fourth-order valence-corrected chi connectivity index (χ4v) is 5.65. The van der Waals surface area contributed by atoms with Crippen LogP contribution in [0.5, 0.6) is 17.2 Å². The predicted molar refractivity (Wildman–Crippen MR) is 208 cm³/mol. The number of rotatable bonds is 16. The molecule has 3 aromatic rings. The molecule has 3 aromatic carbocycles. The number of hydrogen-bond acceptors (Lipinski definition) is 8. The lowest BCUT2D eigenvalue weighted by molar-refractivity contribution is -0.132. The highest BCUT2D eigenvalue weighted by Gasteiger charge is 2.22. The number of halogens is 2. The summed E-state index contributed by atoms with van der Waals surface area (Å²) in [6.45, 7) is 8.29. The number of likely N-dealkylation sites (N-methyl/N-ethyl adjacent to an activating group) is 1. The smallest absolute Gasteiger partial charge is 0.259 e. The van der Waals surface area contributed by atoms with E-state index in [1.807, 2.05) is 43.0 Å². The van der Waals surface area contributed by atoms with Gasteiger partial charge in [-0.2, -0.15) is 0 Å². The van der Waals surface area contributed by atoms with E-state index in [0.29, 0.717) is 65.7 Å². The van der Waals surface area contributed by atoms with E-state index in [1.54, 1.807) is 48.3 Å². The van der Waals surface area contributed by atoms with E-state index in [9.17, 15) is 14.4 Å². The van der Waals surface area contributed by atoms with Crippen molar-refractivity contribution in [2.75, 3.05) is 70.8 Å². The molecule has 3 amide bonds. The molecule has 51 heavy (non-hydrogen) atoms. The highest BCUT2D eigenvalue weighted by molar-refractivity contribution is 6.09. The Morgan fingerprint density at radius 3 is 2.35 bits per heavy atom. The maximum absolute atomic E-state index is 13.7. The number of anilines is 2. The number of carbonyl (C=O) groups is 3. The van der Waals surface area contributed by atoms with Crippen molar-refractivity contribution in [3.63, 3.8) is 0 Å². The summed E-state index contributed by atoms with van der Waals surface area (Å²) in [7, 11) is 5.27. The summed E-state index contributed by atoms with van der Waals surface area (Å²) in [5, 5.41) is 2.89. The Hall–Kier alpha value is -4.03. The van der Waals surface area contributed by atoms with Crippen LogP contribution in [0.15, 0.2) is 60.7 Å². The SMILES string of the molecule is COc1cc(C(=O)N(C)c2ccc(C)cc2OCCCCCC(=O)N2CCN(C)CC2)ccc1NC(=O)c1ccccc1O[C@H](C)CCN.Cl.Cl. The molecule has 280 valence electrons. The molecule has 1 saturated heterocycles. The van der Waals surface area contributed by atoms with Crippen LogP contribution in [0.4, 0.5) is 11.4 Å². The Labute approximate surface area is 314 Å². The van der Waals surface area contributed by atoms with Crippen molar-refractivity contribution in [1.82, 2.24) is 9.80 Å². The summed E-state index contributed by atoms with van der Waals surface area (Å²) in [5.74, 6) is 1.01. The predicted octanol–water partition coefficient (Wildman–Crippen LogP) is 6.21. The number of nitrogens with one attached hydrogen (secondary N) is 1. The zero-order chi connectivity index (χ0) is 35.3. The quantitative estimate of drug-likeness (QED) is 0.166. The number of ether oxygens (including phenoxy) is 3. The summed E-state index contributed by atoms with van der Waals surface area (Å²) in [5.41, 5.74) is 8.48. The van der Waals surface area contributed by atoms with Gasteiger partial charge in [-0.25, -0.2) is 0 Å². The van der Waals surface area contributed by atoms with Gasteiger partial charge in [-0.05, 0) is 101 Å². The molecule has 1 heterocycles. The first-order chi connectivity index (χ1) is 23.6. The number of aryl methyl sites for hydroxylation is 1. The molecule has 0 unspecified atom stereocenters. The zero-order valence-corrected chi connectivity index (χ0v) is 31.9. The van der Waals surface area contributed by atoms with Gasteiger partial charge in [0.2, 0.25) is 5.91 Å². The van der Waals surface area contributed by atoms with Crippen molar-refractivity contribution in [2.45, 2.75) is 52.1 Å². The molecule has 1 atom stereocenters. The van der Waals surface area contributed by atoms with Gasteiger partial charge < -0.3 is 40.0 Å². The standard InChI is InChI=1S/C38H51N5O6.2ClH/c1-27-14-17-32(35(25-27)48-24-10-6-7-13-36(44)43-22-20-41(3)21-23-43)42(4)38(46)29-15-16-31(34(26-29)47-5)40-37(45)30-11-8-9-12-33(30)49-28(2)18-19-39;;/h8-9,11-12,14-17,25-26,28H,6-7,10,13,18-24,39H2,1-5H3,(H,40,45);2*1H/t28-;;/m1../s1. The summed E-state index contributed by atoms with van der Waals surface area (Å²) in [6.07, 6.45) is 3.56. The second-order valence-electron chi connectivity index (χ2n) is 12.5. The highest BCUT2D eigenvalue weighted by atomic mass is 35.5. The molecule has 1 aliphatic rings. The first-order valence-corrected chi connectivity index (χ1v) is 17.0. The molecule has 0 spiro atoms. The van der Waals surface area contributed by atoms with E-state index in [-0.39, 0.29) is 48.6 Å². The van der Waals surface area contributed by atoms with Crippen molar-refractivity contribution >= 4 is 53.9 Å². The summed E-state index contributed by atoms with van der Waals surface area (Å²) >= 11 is 0. The van der Waals surface area contributed by atoms with Crippen LogP contribution in [0.1, 0.15) is 65.3 Å². The normalized spacial score (nSPS) is 13.3. The van der Waals surface area contributed by atoms with Crippen molar-refractivity contribution < 1.29 is 28.6 Å². The molecule has 0 aliphatic carbocycles. The van der Waals surface area contributed by atoms with E-state index in [0.717, 1.165) is 51.0 Å². The van der Waals surface area contributed by atoms with E-state index < -0.39 is 0 Å². The first-order valence-electron chi connectivity index (χ1n) is 17.0. The van der Waals surface area contributed by atoms with Gasteiger partial charge in [-0.1, -0.05) is 18.2 Å². The molecular formula is C38H53Cl2N5O6. The lowest BCUT2D eigenvalue weighted by Gasteiger charge is -2.32. The van der Waals surface area contributed by atoms with E-state index >= 15 is 0 Å². The average molecular weight is 747 g/mol. The molecule has 3 N–H and O–H groups in total. The number of piperazine rings is 1. The number of hydrogen-bond donors (Lipinski definition) is 2. The van der Waals surface area contributed by atoms with Crippen LogP contribution >= 0.6 is 24.8 Å². The van der Waals surface area contributed by atoms with Gasteiger partial charge in [-0.15, -0.1) is 24.8 Å². The van der Waals surface area contributed by atoms with Crippen molar-refractivity contribution in [3.8, 4) is 17.2 Å². The minimum Gasteiger partial charge on any atom is -0.495 e. The van der Waals surface area contributed by atoms with Crippen molar-refractivity contribution in [3.05, 3.63) is 77.4 Å². The number of amides is 3. The van der Waals surface area contributed by atoms with Gasteiger partial charge in [0.05, 0.1) is 36.8 Å². The third kappa shape index (κ3) is 12.3. The molecule has 0 radical (unpaired) electrons. The molecule has 1 aliphatic heterocycles. The Bertz CT molecular complexity index is 1580. The lowest BCUT2D eigenvalue weighted by Crippen LogP contribution is -2.47. The number of unbranched alkanes of at least 4 members (excludes halogenated alkanes) is 2. The molecular weight excluding hydrogens is 693 g/mol. The van der Waals surface area contributed by atoms with E-state index in [1.165, 1.54) is 7.11 Å². The van der Waals surface area contributed by atoms with Crippen LogP contribution in [0.25, 0.3) is 0 Å². The van der Waals surface area contributed by atoms with Gasteiger partial charge in [0.15, 0.2) is 0 Å². The van der Waals surface area contributed by atoms with Crippen LogP contribution < -0.4 is 30.2 Å². The summed E-state index contributed by atoms with van der Waals surface area (Å²) < 4.78 is 17.7. The molecule has 0 saturated carbocycles. The number of methoxy groups -OCH3 is 1. The lowest BCUT2D eigenvalue weighted by atomic mass is 10.1. The van der Waals surface area contributed by atoms with Crippen LogP contribution in [0.3, 0.4) is 0 Å². The topological polar surface area (TPSA) is 127 Å². The fourth-order valence-electron chi connectivity index (χ4n) is 5.65. The fraction of sp³-hybridized carbons (Fsp3) is 0.447. The van der Waals surface area contributed by atoms with Gasteiger partial charge in [0, 0.05) is 45.2 Å². The van der Waals surface area contributed by atoms with Crippen LogP contribution in [-0.2, 0) is 4.79 Å². The third-order valence-electron chi connectivity index (χ3n) is 8.66. The first kappa shape index (κ1) is 43.1. The summed E-state index contributed by atoms with van der Waals surface area (Å²) in [6, 6.07) is 17.7. The van der Waals surface area contributed by atoms with Gasteiger partial charge in [0.25, 0.3) is 11.8 Å². The Balaban J connectivity index is 0.00000451. The van der Waals surface area contributed by atoms with Crippen LogP contribution in [-0.4, -0.2) is 94.2 Å². The molecule has 0 bridgehead atoms. The minimum atomic E-state index is -0.367. The van der Waals surface area contributed by atoms with Gasteiger partial charge in [0.1, 0.15) is 17.2 Å². The second kappa shape index (κ2) is 21.4. The maximum Gasteiger partial charge on any atom is 0.259 e. The Kier molecular flexibility index (Phi) is 18.1.